The molecule has 0 aliphatic heterocycles. The van der Waals surface area contributed by atoms with Crippen LogP contribution in [0.25, 0.3) is 10.8 Å². The molecule has 116 valence electrons. The Morgan fingerprint density at radius 3 is 2.38 bits per heavy atom. The minimum atomic E-state index is 0. The van der Waals surface area contributed by atoms with Crippen LogP contribution in [-0.2, 0) is 11.2 Å². The standard InChI is InChI=1S/C17H23NO2.ClH/c1-18(2)9-11-20-10-8-14-4-5-16-13-17(19-3)7-6-15(16)12-14;/h4-7,12-13H,8-11H2,1-3H3;1H. The average molecular weight is 310 g/mol. The number of halogens is 1. The van der Waals surface area contributed by atoms with Crippen molar-refractivity contribution < 1.29 is 9.47 Å². The lowest BCUT2D eigenvalue weighted by Gasteiger charge is -2.10. The fourth-order valence-electron chi connectivity index (χ4n) is 2.09. The van der Waals surface area contributed by atoms with Crippen LogP contribution in [-0.4, -0.2) is 45.9 Å². The summed E-state index contributed by atoms with van der Waals surface area (Å²) < 4.78 is 10.9. The molecule has 4 heteroatoms. The Kier molecular flexibility index (Phi) is 7.51. The Morgan fingerprint density at radius 1 is 0.952 bits per heavy atom. The summed E-state index contributed by atoms with van der Waals surface area (Å²) in [5.74, 6) is 0.900. The normalized spacial score (nSPS) is 10.7. The van der Waals surface area contributed by atoms with Crippen LogP contribution in [0.4, 0.5) is 0 Å². The van der Waals surface area contributed by atoms with Gasteiger partial charge in [-0.3, -0.25) is 0 Å². The maximum atomic E-state index is 5.64. The fourth-order valence-corrected chi connectivity index (χ4v) is 2.09. The summed E-state index contributed by atoms with van der Waals surface area (Å²) in [7, 11) is 5.81. The molecule has 0 atom stereocenters. The number of methoxy groups -OCH3 is 1. The fraction of sp³-hybridized carbons (Fsp3) is 0.412. The molecule has 0 unspecified atom stereocenters. The van der Waals surface area contributed by atoms with Crippen molar-refractivity contribution in [1.29, 1.82) is 0 Å². The van der Waals surface area contributed by atoms with Gasteiger partial charge in [0.15, 0.2) is 0 Å². The summed E-state index contributed by atoms with van der Waals surface area (Å²) in [6, 6.07) is 12.7. The van der Waals surface area contributed by atoms with Crippen molar-refractivity contribution in [2.24, 2.45) is 0 Å². The zero-order valence-electron chi connectivity index (χ0n) is 13.0. The molecule has 0 bridgehead atoms. The predicted octanol–water partition coefficient (Wildman–Crippen LogP) is 3.39. The molecule has 0 aromatic heterocycles. The van der Waals surface area contributed by atoms with Crippen molar-refractivity contribution in [3.63, 3.8) is 0 Å². The molecule has 21 heavy (non-hydrogen) atoms. The Morgan fingerprint density at radius 2 is 1.67 bits per heavy atom. The number of hydrogen-bond acceptors (Lipinski definition) is 3. The van der Waals surface area contributed by atoms with Crippen molar-refractivity contribution in [2.45, 2.75) is 6.42 Å². The van der Waals surface area contributed by atoms with Gasteiger partial charge in [-0.25, -0.2) is 0 Å². The number of ether oxygens (including phenoxy) is 2. The zero-order valence-corrected chi connectivity index (χ0v) is 13.8. The highest BCUT2D eigenvalue weighted by atomic mass is 35.5. The monoisotopic (exact) mass is 309 g/mol. The van der Waals surface area contributed by atoms with Crippen LogP contribution in [0.15, 0.2) is 36.4 Å². The van der Waals surface area contributed by atoms with Gasteiger partial charge >= 0.3 is 0 Å². The first kappa shape index (κ1) is 17.8. The molecule has 3 nitrogen and oxygen atoms in total. The summed E-state index contributed by atoms with van der Waals surface area (Å²) in [4.78, 5) is 2.13. The van der Waals surface area contributed by atoms with Crippen molar-refractivity contribution >= 4 is 23.2 Å². The molecule has 0 aliphatic rings. The summed E-state index contributed by atoms with van der Waals surface area (Å²) in [6.07, 6.45) is 0.954. The van der Waals surface area contributed by atoms with E-state index in [-0.39, 0.29) is 12.4 Å². The Hall–Kier alpha value is -1.29. The summed E-state index contributed by atoms with van der Waals surface area (Å²) in [6.45, 7) is 2.53. The highest BCUT2D eigenvalue weighted by molar-refractivity contribution is 5.85. The lowest BCUT2D eigenvalue weighted by Crippen LogP contribution is -2.18. The van der Waals surface area contributed by atoms with Crippen molar-refractivity contribution in [1.82, 2.24) is 4.90 Å². The molecule has 2 aromatic rings. The highest BCUT2D eigenvalue weighted by Gasteiger charge is 1.99. The summed E-state index contributed by atoms with van der Waals surface area (Å²) >= 11 is 0. The van der Waals surface area contributed by atoms with Gasteiger partial charge in [-0.05, 0) is 49.0 Å². The van der Waals surface area contributed by atoms with E-state index in [1.54, 1.807) is 7.11 Å². The van der Waals surface area contributed by atoms with Crippen molar-refractivity contribution in [2.75, 3.05) is 41.0 Å². The van der Waals surface area contributed by atoms with E-state index in [9.17, 15) is 0 Å². The Balaban J connectivity index is 0.00000220. The number of rotatable bonds is 7. The molecule has 0 radical (unpaired) electrons. The molecule has 0 heterocycles. The van der Waals surface area contributed by atoms with Gasteiger partial charge in [0.05, 0.1) is 20.3 Å². The number of likely N-dealkylation sites (N-methyl/N-ethyl adjacent to an activating group) is 1. The van der Waals surface area contributed by atoms with E-state index in [0.29, 0.717) is 0 Å². The molecular formula is C17H24ClNO2. The van der Waals surface area contributed by atoms with Gasteiger partial charge in [0.25, 0.3) is 0 Å². The first-order valence-electron chi connectivity index (χ1n) is 6.98. The third-order valence-electron chi connectivity index (χ3n) is 3.33. The smallest absolute Gasteiger partial charge is 0.119 e. The topological polar surface area (TPSA) is 21.7 Å². The Labute approximate surface area is 133 Å². The van der Waals surface area contributed by atoms with Gasteiger partial charge < -0.3 is 14.4 Å². The van der Waals surface area contributed by atoms with Crippen molar-refractivity contribution in [3.05, 3.63) is 42.0 Å². The van der Waals surface area contributed by atoms with Gasteiger partial charge in [-0.15, -0.1) is 12.4 Å². The Bertz CT molecular complexity index is 557. The quantitative estimate of drug-likeness (QED) is 0.732. The third-order valence-corrected chi connectivity index (χ3v) is 3.33. The molecule has 0 saturated heterocycles. The van der Waals surface area contributed by atoms with E-state index in [0.717, 1.165) is 31.9 Å². The van der Waals surface area contributed by atoms with E-state index in [1.165, 1.54) is 16.3 Å². The third kappa shape index (κ3) is 5.54. The molecule has 0 fully saturated rings. The van der Waals surface area contributed by atoms with Crippen molar-refractivity contribution in [3.8, 4) is 5.75 Å². The van der Waals surface area contributed by atoms with Gasteiger partial charge in [0.1, 0.15) is 5.75 Å². The molecule has 0 spiro atoms. The number of hydrogen-bond donors (Lipinski definition) is 0. The lowest BCUT2D eigenvalue weighted by molar-refractivity contribution is 0.120. The SMILES string of the molecule is COc1ccc2cc(CCOCCN(C)C)ccc2c1.Cl. The first-order valence-corrected chi connectivity index (χ1v) is 6.98. The molecule has 0 amide bonds. The van der Waals surface area contributed by atoms with E-state index in [2.05, 4.69) is 49.3 Å². The molecular weight excluding hydrogens is 286 g/mol. The molecule has 0 saturated carbocycles. The van der Waals surface area contributed by atoms with Crippen LogP contribution < -0.4 is 4.74 Å². The second-order valence-corrected chi connectivity index (χ2v) is 5.21. The van der Waals surface area contributed by atoms with Gasteiger partial charge in [0, 0.05) is 6.54 Å². The van der Waals surface area contributed by atoms with Crippen LogP contribution in [0.5, 0.6) is 5.75 Å². The highest BCUT2D eigenvalue weighted by Crippen LogP contribution is 2.22. The molecule has 0 N–H and O–H groups in total. The maximum Gasteiger partial charge on any atom is 0.119 e. The van der Waals surface area contributed by atoms with Crippen LogP contribution >= 0.6 is 12.4 Å². The van der Waals surface area contributed by atoms with Crippen LogP contribution in [0.1, 0.15) is 5.56 Å². The average Bonchev–Trinajstić information content (AvgIpc) is 2.46. The zero-order chi connectivity index (χ0) is 14.4. The van der Waals surface area contributed by atoms with Gasteiger partial charge in [-0.2, -0.15) is 0 Å². The predicted molar refractivity (Wildman–Crippen MR) is 90.8 cm³/mol. The largest absolute Gasteiger partial charge is 0.497 e. The number of fused-ring (bicyclic) bond motifs is 1. The molecule has 2 rings (SSSR count). The van der Waals surface area contributed by atoms with E-state index in [4.69, 9.17) is 9.47 Å². The van der Waals surface area contributed by atoms with Gasteiger partial charge in [-0.1, -0.05) is 24.3 Å². The summed E-state index contributed by atoms with van der Waals surface area (Å²) in [5.41, 5.74) is 1.31. The van der Waals surface area contributed by atoms with Crippen LogP contribution in [0.2, 0.25) is 0 Å². The van der Waals surface area contributed by atoms with Crippen LogP contribution in [0, 0.1) is 0 Å². The molecule has 2 aromatic carbocycles. The first-order chi connectivity index (χ1) is 9.69. The van der Waals surface area contributed by atoms with Crippen LogP contribution in [0.3, 0.4) is 0 Å². The van der Waals surface area contributed by atoms with E-state index < -0.39 is 0 Å². The van der Waals surface area contributed by atoms with E-state index in [1.807, 2.05) is 6.07 Å². The van der Waals surface area contributed by atoms with Gasteiger partial charge in [0.2, 0.25) is 0 Å². The number of benzene rings is 2. The number of nitrogens with zero attached hydrogens (tertiary/aromatic N) is 1. The molecule has 0 aliphatic carbocycles. The maximum absolute atomic E-state index is 5.64. The minimum Gasteiger partial charge on any atom is -0.497 e. The lowest BCUT2D eigenvalue weighted by atomic mass is 10.1. The second kappa shape index (κ2) is 8.88. The summed E-state index contributed by atoms with van der Waals surface area (Å²) in [5, 5.41) is 2.46. The minimum absolute atomic E-state index is 0. The van der Waals surface area contributed by atoms with E-state index >= 15 is 0 Å². The second-order valence-electron chi connectivity index (χ2n) is 5.21.